The van der Waals surface area contributed by atoms with Gasteiger partial charge in [-0.15, -0.1) is 0 Å². The van der Waals surface area contributed by atoms with Crippen LogP contribution in [0, 0.1) is 12.7 Å². The van der Waals surface area contributed by atoms with Crippen LogP contribution in [0.2, 0.25) is 0 Å². The van der Waals surface area contributed by atoms with Crippen molar-refractivity contribution in [2.24, 2.45) is 7.05 Å². The fourth-order valence-corrected chi connectivity index (χ4v) is 3.14. The van der Waals surface area contributed by atoms with E-state index in [0.717, 1.165) is 18.2 Å². The van der Waals surface area contributed by atoms with Crippen LogP contribution in [0.5, 0.6) is 0 Å². The molecule has 1 aliphatic heterocycles. The molecule has 3 rings (SSSR count). The van der Waals surface area contributed by atoms with Crippen molar-refractivity contribution in [3.05, 3.63) is 47.0 Å². The molecule has 0 spiro atoms. The number of amides is 2. The maximum Gasteiger partial charge on any atom is 0.419 e. The summed E-state index contributed by atoms with van der Waals surface area (Å²) in [6.45, 7) is 4.33. The van der Waals surface area contributed by atoms with E-state index in [-0.39, 0.29) is 11.3 Å². The smallest absolute Gasteiger partial charge is 0.322 e. The number of hydrogen-bond acceptors (Lipinski definition) is 3. The van der Waals surface area contributed by atoms with E-state index in [9.17, 15) is 22.4 Å². The maximum atomic E-state index is 13.6. The van der Waals surface area contributed by atoms with Crippen LogP contribution < -0.4 is 5.32 Å². The van der Waals surface area contributed by atoms with Crippen molar-refractivity contribution in [3.63, 3.8) is 0 Å². The lowest BCUT2D eigenvalue weighted by molar-refractivity contribution is -0.139. The predicted molar refractivity (Wildman–Crippen MR) is 95.2 cm³/mol. The van der Waals surface area contributed by atoms with E-state index in [0.29, 0.717) is 32.2 Å². The number of urea groups is 1. The summed E-state index contributed by atoms with van der Waals surface area (Å²) >= 11 is 0. The Morgan fingerprint density at radius 2 is 1.89 bits per heavy atom. The molecule has 1 N–H and O–H groups in total. The zero-order valence-corrected chi connectivity index (χ0v) is 15.6. The molecule has 10 heteroatoms. The van der Waals surface area contributed by atoms with Crippen LogP contribution in [0.4, 0.5) is 28.0 Å². The molecule has 6 nitrogen and oxygen atoms in total. The van der Waals surface area contributed by atoms with Gasteiger partial charge in [0.25, 0.3) is 0 Å². The van der Waals surface area contributed by atoms with Crippen LogP contribution in [0.3, 0.4) is 0 Å². The summed E-state index contributed by atoms with van der Waals surface area (Å²) in [5.41, 5.74) is -0.137. The van der Waals surface area contributed by atoms with Crippen molar-refractivity contribution in [1.29, 1.82) is 0 Å². The second-order valence-electron chi connectivity index (χ2n) is 6.86. The summed E-state index contributed by atoms with van der Waals surface area (Å²) in [7, 11) is 1.84. The van der Waals surface area contributed by atoms with Crippen molar-refractivity contribution < 1.29 is 22.4 Å². The number of rotatable bonds is 3. The minimum absolute atomic E-state index is 0.0449. The van der Waals surface area contributed by atoms with Gasteiger partial charge in [-0.25, -0.2) is 9.18 Å². The van der Waals surface area contributed by atoms with Gasteiger partial charge in [0.15, 0.2) is 0 Å². The summed E-state index contributed by atoms with van der Waals surface area (Å²) in [4.78, 5) is 16.2. The molecule has 0 aliphatic carbocycles. The molecule has 1 aromatic heterocycles. The number of benzene rings is 1. The van der Waals surface area contributed by atoms with Gasteiger partial charge in [-0.3, -0.25) is 9.58 Å². The van der Waals surface area contributed by atoms with Crippen molar-refractivity contribution in [2.45, 2.75) is 19.6 Å². The molecule has 2 aromatic rings. The standard InChI is InChI=1S/C18H21F4N5O/c1-12-7-15(19)14(18(20,21)22)8-16(12)24-17(28)27-5-3-26(4-6-27)11-13-9-23-25(2)10-13/h7-10H,3-6,11H2,1-2H3,(H,24,28). The Labute approximate surface area is 159 Å². The number of alkyl halides is 3. The molecule has 1 saturated heterocycles. The summed E-state index contributed by atoms with van der Waals surface area (Å²) < 4.78 is 54.0. The molecular weight excluding hydrogens is 378 g/mol. The van der Waals surface area contributed by atoms with Crippen LogP contribution in [0.25, 0.3) is 0 Å². The fraction of sp³-hybridized carbons (Fsp3) is 0.444. The van der Waals surface area contributed by atoms with Gasteiger partial charge in [0.2, 0.25) is 0 Å². The first-order valence-corrected chi connectivity index (χ1v) is 8.76. The Morgan fingerprint density at radius 1 is 1.21 bits per heavy atom. The quantitative estimate of drug-likeness (QED) is 0.807. The molecule has 0 bridgehead atoms. The molecule has 0 radical (unpaired) electrons. The van der Waals surface area contributed by atoms with Gasteiger partial charge in [-0.2, -0.15) is 18.3 Å². The molecule has 0 unspecified atom stereocenters. The monoisotopic (exact) mass is 399 g/mol. The van der Waals surface area contributed by atoms with Gasteiger partial charge in [0.05, 0.1) is 11.8 Å². The Bertz CT molecular complexity index is 856. The number of carbonyl (C=O) groups is 1. The van der Waals surface area contributed by atoms with Gasteiger partial charge in [-0.1, -0.05) is 0 Å². The highest BCUT2D eigenvalue weighted by Crippen LogP contribution is 2.34. The van der Waals surface area contributed by atoms with E-state index in [1.807, 2.05) is 13.2 Å². The van der Waals surface area contributed by atoms with E-state index >= 15 is 0 Å². The fourth-order valence-electron chi connectivity index (χ4n) is 3.14. The highest BCUT2D eigenvalue weighted by atomic mass is 19.4. The second-order valence-corrected chi connectivity index (χ2v) is 6.86. The lowest BCUT2D eigenvalue weighted by Crippen LogP contribution is -2.49. The average Bonchev–Trinajstić information content (AvgIpc) is 3.01. The normalized spacial score (nSPS) is 15.7. The molecule has 1 fully saturated rings. The number of aromatic nitrogens is 2. The van der Waals surface area contributed by atoms with E-state index < -0.39 is 23.6 Å². The SMILES string of the molecule is Cc1cc(F)c(C(F)(F)F)cc1NC(=O)N1CCN(Cc2cnn(C)c2)CC1. The second kappa shape index (κ2) is 7.78. The number of nitrogens with one attached hydrogen (secondary N) is 1. The topological polar surface area (TPSA) is 53.4 Å². The highest BCUT2D eigenvalue weighted by Gasteiger charge is 2.35. The lowest BCUT2D eigenvalue weighted by atomic mass is 10.1. The predicted octanol–water partition coefficient (Wildman–Crippen LogP) is 3.24. The Morgan fingerprint density at radius 3 is 2.46 bits per heavy atom. The van der Waals surface area contributed by atoms with Gasteiger partial charge in [-0.05, 0) is 24.6 Å². The molecule has 1 aliphatic rings. The number of aryl methyl sites for hydroxylation is 2. The first-order chi connectivity index (χ1) is 13.1. The Balaban J connectivity index is 1.60. The third-order valence-electron chi connectivity index (χ3n) is 4.69. The summed E-state index contributed by atoms with van der Waals surface area (Å²) in [5, 5.41) is 6.60. The van der Waals surface area contributed by atoms with Crippen LogP contribution in [-0.4, -0.2) is 51.8 Å². The number of carbonyl (C=O) groups excluding carboxylic acids is 1. The summed E-state index contributed by atoms with van der Waals surface area (Å²) in [5.74, 6) is -1.35. The van der Waals surface area contributed by atoms with Gasteiger partial charge in [0, 0.05) is 57.2 Å². The third kappa shape index (κ3) is 4.61. The van der Waals surface area contributed by atoms with Crippen LogP contribution >= 0.6 is 0 Å². The van der Waals surface area contributed by atoms with Crippen LogP contribution in [0.15, 0.2) is 24.5 Å². The number of piperazine rings is 1. The van der Waals surface area contributed by atoms with Crippen molar-refractivity contribution in [3.8, 4) is 0 Å². The minimum atomic E-state index is -4.82. The number of hydrogen-bond donors (Lipinski definition) is 1. The molecule has 0 atom stereocenters. The van der Waals surface area contributed by atoms with E-state index in [4.69, 9.17) is 0 Å². The van der Waals surface area contributed by atoms with Gasteiger partial charge < -0.3 is 10.2 Å². The molecule has 2 amide bonds. The van der Waals surface area contributed by atoms with E-state index in [1.165, 1.54) is 11.8 Å². The van der Waals surface area contributed by atoms with Gasteiger partial charge in [0.1, 0.15) is 5.82 Å². The largest absolute Gasteiger partial charge is 0.419 e. The molecule has 28 heavy (non-hydrogen) atoms. The summed E-state index contributed by atoms with van der Waals surface area (Å²) in [6.07, 6.45) is -1.11. The average molecular weight is 399 g/mol. The zero-order valence-electron chi connectivity index (χ0n) is 15.6. The minimum Gasteiger partial charge on any atom is -0.322 e. The Kier molecular flexibility index (Phi) is 5.59. The van der Waals surface area contributed by atoms with Gasteiger partial charge >= 0.3 is 12.2 Å². The van der Waals surface area contributed by atoms with Crippen LogP contribution in [0.1, 0.15) is 16.7 Å². The number of halogens is 4. The maximum absolute atomic E-state index is 13.6. The first-order valence-electron chi connectivity index (χ1n) is 8.76. The lowest BCUT2D eigenvalue weighted by Gasteiger charge is -2.34. The molecular formula is C18H21F4N5O. The zero-order chi connectivity index (χ0) is 20.5. The molecule has 0 saturated carbocycles. The van der Waals surface area contributed by atoms with Crippen molar-refractivity contribution >= 4 is 11.7 Å². The van der Waals surface area contributed by atoms with Crippen LogP contribution in [-0.2, 0) is 19.8 Å². The molecule has 2 heterocycles. The highest BCUT2D eigenvalue weighted by molar-refractivity contribution is 5.90. The van der Waals surface area contributed by atoms with E-state index in [1.54, 1.807) is 10.9 Å². The molecule has 152 valence electrons. The first kappa shape index (κ1) is 20.1. The third-order valence-corrected chi connectivity index (χ3v) is 4.69. The molecule has 1 aromatic carbocycles. The Hall–Kier alpha value is -2.62. The summed E-state index contributed by atoms with van der Waals surface area (Å²) in [6, 6.07) is 0.926. The number of anilines is 1. The number of nitrogens with zero attached hydrogens (tertiary/aromatic N) is 4. The van der Waals surface area contributed by atoms with Crippen molar-refractivity contribution in [1.82, 2.24) is 19.6 Å². The van der Waals surface area contributed by atoms with Crippen molar-refractivity contribution in [2.75, 3.05) is 31.5 Å². The van der Waals surface area contributed by atoms with E-state index in [2.05, 4.69) is 15.3 Å².